The second kappa shape index (κ2) is 54.8. The van der Waals surface area contributed by atoms with Gasteiger partial charge in [-0.15, -0.1) is 0 Å². The Hall–Kier alpha value is -2.55. The van der Waals surface area contributed by atoms with Crippen molar-refractivity contribution in [3.05, 3.63) is 72.9 Å². The monoisotopic (exact) mass is 1070 g/mol. The Labute approximate surface area is 463 Å². The van der Waals surface area contributed by atoms with Crippen molar-refractivity contribution in [3.8, 4) is 0 Å². The van der Waals surface area contributed by atoms with Gasteiger partial charge in [0.2, 0.25) is 5.91 Å². The molecule has 0 aliphatic carbocycles. The molecule has 1 amide bonds. The number of phosphoric acid groups is 1. The average molecular weight is 1070 g/mol. The van der Waals surface area contributed by atoms with Gasteiger partial charge in [0.1, 0.15) is 19.3 Å². The number of quaternary nitrogens is 1. The number of nitrogens with one attached hydrogen (secondary N) is 1. The highest BCUT2D eigenvalue weighted by Gasteiger charge is 2.27. The van der Waals surface area contributed by atoms with Crippen LogP contribution in [-0.2, 0) is 27.9 Å². The highest BCUT2D eigenvalue weighted by molar-refractivity contribution is 7.45. The summed E-state index contributed by atoms with van der Waals surface area (Å²) in [6, 6.07) is -0.901. The number of carbonyl (C=O) groups is 2. The molecule has 10 heteroatoms. The third-order valence-corrected chi connectivity index (χ3v) is 14.6. The molecule has 0 bridgehead atoms. The van der Waals surface area contributed by atoms with E-state index in [1.54, 1.807) is 0 Å². The van der Waals surface area contributed by atoms with Gasteiger partial charge in [-0.3, -0.25) is 14.2 Å². The van der Waals surface area contributed by atoms with Gasteiger partial charge in [-0.25, -0.2) is 0 Å². The molecule has 0 saturated heterocycles. The number of unbranched alkanes of at least 4 members (excludes halogenated alkanes) is 32. The molecular weight excluding hydrogens is 952 g/mol. The number of rotatable bonds is 56. The lowest BCUT2D eigenvalue weighted by molar-refractivity contribution is -0.870. The van der Waals surface area contributed by atoms with E-state index in [1.165, 1.54) is 154 Å². The van der Waals surface area contributed by atoms with Crippen molar-refractivity contribution in [3.63, 3.8) is 0 Å². The molecule has 0 aliphatic rings. The number of hydrogen-bond acceptors (Lipinski definition) is 7. The molecule has 0 aliphatic heterocycles. The minimum absolute atomic E-state index is 0.0284. The van der Waals surface area contributed by atoms with Crippen molar-refractivity contribution in [2.24, 2.45) is 0 Å². The van der Waals surface area contributed by atoms with Crippen LogP contribution in [0.25, 0.3) is 0 Å². The van der Waals surface area contributed by atoms with E-state index in [0.717, 1.165) is 83.5 Å². The predicted molar refractivity (Wildman–Crippen MR) is 321 cm³/mol. The van der Waals surface area contributed by atoms with Crippen LogP contribution in [0.1, 0.15) is 278 Å². The molecule has 0 aromatic carbocycles. The van der Waals surface area contributed by atoms with E-state index in [9.17, 15) is 19.0 Å². The highest BCUT2D eigenvalue weighted by Crippen LogP contribution is 2.38. The van der Waals surface area contributed by atoms with Crippen LogP contribution in [-0.4, -0.2) is 69.4 Å². The van der Waals surface area contributed by atoms with Gasteiger partial charge in [0.25, 0.3) is 7.82 Å². The Kier molecular flexibility index (Phi) is 52.9. The Morgan fingerprint density at radius 2 is 0.907 bits per heavy atom. The first-order valence-electron chi connectivity index (χ1n) is 31.3. The van der Waals surface area contributed by atoms with E-state index in [4.69, 9.17) is 13.8 Å². The molecule has 0 aromatic heterocycles. The normalized spacial score (nSPS) is 14.2. The molecule has 3 atom stereocenters. The highest BCUT2D eigenvalue weighted by atomic mass is 31.2. The number of carbonyl (C=O) groups excluding carboxylic acids is 2. The van der Waals surface area contributed by atoms with E-state index >= 15 is 0 Å². The van der Waals surface area contributed by atoms with Crippen molar-refractivity contribution in [1.82, 2.24) is 5.32 Å². The third-order valence-electron chi connectivity index (χ3n) is 13.7. The van der Waals surface area contributed by atoms with Gasteiger partial charge in [-0.05, 0) is 83.1 Å². The van der Waals surface area contributed by atoms with E-state index in [1.807, 2.05) is 39.4 Å². The van der Waals surface area contributed by atoms with Crippen LogP contribution in [0.15, 0.2) is 72.9 Å². The van der Waals surface area contributed by atoms with Crippen molar-refractivity contribution in [2.45, 2.75) is 290 Å². The lowest BCUT2D eigenvalue weighted by Crippen LogP contribution is -2.47. The number of ether oxygens (including phenoxy) is 1. The zero-order chi connectivity index (χ0) is 55.0. The zero-order valence-corrected chi connectivity index (χ0v) is 50.6. The summed E-state index contributed by atoms with van der Waals surface area (Å²) in [6.07, 6.45) is 70.2. The molecule has 9 nitrogen and oxygen atoms in total. The van der Waals surface area contributed by atoms with E-state index < -0.39 is 26.6 Å². The molecule has 0 aromatic rings. The Morgan fingerprint density at radius 1 is 0.493 bits per heavy atom. The maximum Gasteiger partial charge on any atom is 0.306 e. The second-order valence-corrected chi connectivity index (χ2v) is 23.6. The molecular formula is C65H119N2O7P. The van der Waals surface area contributed by atoms with Crippen LogP contribution >= 0.6 is 7.82 Å². The zero-order valence-electron chi connectivity index (χ0n) is 49.7. The molecule has 0 fully saturated rings. The minimum atomic E-state index is -4.70. The molecule has 0 radical (unpaired) electrons. The SMILES string of the molecule is CC/C=C/C=C/C=C\CCCCCCCC(=O)NC(COP(=O)([O-])OCC[N+](C)(C)C)C(/C=C\CCCCCCCCCCCCC)OC(=O)CCCCCCCCCCCCCCC/C=C\C/C=C\CCCCC. The maximum atomic E-state index is 13.5. The van der Waals surface area contributed by atoms with Gasteiger partial charge in [0, 0.05) is 12.8 Å². The summed E-state index contributed by atoms with van der Waals surface area (Å²) in [4.78, 5) is 40.0. The smallest absolute Gasteiger partial charge is 0.306 e. The first-order valence-corrected chi connectivity index (χ1v) is 32.7. The van der Waals surface area contributed by atoms with Gasteiger partial charge >= 0.3 is 5.97 Å². The molecule has 75 heavy (non-hydrogen) atoms. The van der Waals surface area contributed by atoms with E-state index in [2.05, 4.69) is 80.8 Å². The summed E-state index contributed by atoms with van der Waals surface area (Å²) in [5, 5.41) is 3.01. The molecule has 0 heterocycles. The lowest BCUT2D eigenvalue weighted by Gasteiger charge is -2.30. The molecule has 0 rings (SSSR count). The number of amides is 1. The average Bonchev–Trinajstić information content (AvgIpc) is 3.37. The van der Waals surface area contributed by atoms with Crippen LogP contribution in [0.5, 0.6) is 0 Å². The van der Waals surface area contributed by atoms with Crippen molar-refractivity contribution < 1.29 is 37.3 Å². The minimum Gasteiger partial charge on any atom is -0.756 e. The molecule has 1 N–H and O–H groups in total. The summed E-state index contributed by atoms with van der Waals surface area (Å²) in [6.45, 7) is 6.68. The van der Waals surface area contributed by atoms with Gasteiger partial charge in [0.15, 0.2) is 0 Å². The summed E-state index contributed by atoms with van der Waals surface area (Å²) >= 11 is 0. The van der Waals surface area contributed by atoms with Crippen molar-refractivity contribution >= 4 is 19.7 Å². The van der Waals surface area contributed by atoms with Crippen LogP contribution in [0.3, 0.4) is 0 Å². The number of phosphoric ester groups is 1. The quantitative estimate of drug-likeness (QED) is 0.0161. The largest absolute Gasteiger partial charge is 0.756 e. The van der Waals surface area contributed by atoms with E-state index in [-0.39, 0.29) is 24.9 Å². The number of allylic oxidation sites excluding steroid dienone is 11. The Bertz CT molecular complexity index is 1510. The Balaban J connectivity index is 5.19. The van der Waals surface area contributed by atoms with Crippen LogP contribution in [0.4, 0.5) is 0 Å². The summed E-state index contributed by atoms with van der Waals surface area (Å²) in [5.74, 6) is -0.562. The number of likely N-dealkylation sites (N-methyl/N-ethyl adjacent to an activating group) is 1. The first kappa shape index (κ1) is 72.5. The molecule has 436 valence electrons. The van der Waals surface area contributed by atoms with Gasteiger partial charge in [-0.1, -0.05) is 255 Å². The molecule has 3 unspecified atom stereocenters. The van der Waals surface area contributed by atoms with E-state index in [0.29, 0.717) is 23.9 Å². The number of nitrogens with zero attached hydrogens (tertiary/aromatic N) is 1. The van der Waals surface area contributed by atoms with Crippen LogP contribution in [0, 0.1) is 0 Å². The van der Waals surface area contributed by atoms with Crippen molar-refractivity contribution in [2.75, 3.05) is 40.9 Å². The first-order chi connectivity index (χ1) is 36.4. The number of hydrogen-bond donors (Lipinski definition) is 1. The standard InChI is InChI=1S/C65H119N2O7P/c1-7-10-13-16-19-22-25-28-29-30-31-32-33-34-35-36-37-40-43-46-49-52-55-58-65(69)74-63(56-53-50-47-44-41-38-26-23-20-17-14-11-8-2)62(61-73-75(70,71)72-60-59-67(4,5)6)66-64(68)57-54-51-48-45-42-39-27-24-21-18-15-12-9-3/h12,15,18-19,21-22,24,27-29,53,56,62-63H,7-11,13-14,16-17,20,23,25-26,30-52,54-55,57-61H2,1-6H3,(H-,66,68,70,71)/b15-12+,21-18+,22-19-,27-24-,29-28-,56-53-. The second-order valence-electron chi connectivity index (χ2n) is 22.2. The molecule has 0 spiro atoms. The maximum absolute atomic E-state index is 13.5. The van der Waals surface area contributed by atoms with Gasteiger partial charge in [0.05, 0.1) is 33.8 Å². The summed E-state index contributed by atoms with van der Waals surface area (Å²) in [7, 11) is 1.17. The van der Waals surface area contributed by atoms with Crippen LogP contribution < -0.4 is 10.2 Å². The third kappa shape index (κ3) is 56.0. The fourth-order valence-corrected chi connectivity index (χ4v) is 9.57. The van der Waals surface area contributed by atoms with Crippen LogP contribution in [0.2, 0.25) is 0 Å². The topological polar surface area (TPSA) is 114 Å². The summed E-state index contributed by atoms with van der Waals surface area (Å²) < 4.78 is 30.3. The predicted octanol–water partition coefficient (Wildman–Crippen LogP) is 18.6. The summed E-state index contributed by atoms with van der Waals surface area (Å²) in [5.41, 5.74) is 0. The fraction of sp³-hybridized carbons (Fsp3) is 0.785. The lowest BCUT2D eigenvalue weighted by atomic mass is 10.0. The fourth-order valence-electron chi connectivity index (χ4n) is 8.85. The Morgan fingerprint density at radius 3 is 1.40 bits per heavy atom. The molecule has 0 saturated carbocycles. The van der Waals surface area contributed by atoms with Crippen molar-refractivity contribution in [1.29, 1.82) is 0 Å². The van der Waals surface area contributed by atoms with Gasteiger partial charge < -0.3 is 28.5 Å². The number of esters is 1. The van der Waals surface area contributed by atoms with Gasteiger partial charge in [-0.2, -0.15) is 0 Å².